The molecule has 1 aromatic carbocycles. The van der Waals surface area contributed by atoms with Crippen molar-refractivity contribution in [3.63, 3.8) is 0 Å². The molecule has 0 aliphatic carbocycles. The van der Waals surface area contributed by atoms with E-state index in [9.17, 15) is 13.2 Å². The molecule has 0 radical (unpaired) electrons. The van der Waals surface area contributed by atoms with E-state index in [1.165, 1.54) is 23.9 Å². The highest BCUT2D eigenvalue weighted by atomic mass is 32.2. The third-order valence-corrected chi connectivity index (χ3v) is 4.72. The smallest absolute Gasteiger partial charge is 0.411 e. The number of thioether (sulfide) groups is 1. The van der Waals surface area contributed by atoms with Gasteiger partial charge in [-0.15, -0.1) is 15.3 Å². The number of aromatic nitrogens is 6. The Morgan fingerprint density at radius 2 is 1.86 bits per heavy atom. The van der Waals surface area contributed by atoms with E-state index in [4.69, 9.17) is 4.42 Å². The Morgan fingerprint density at radius 3 is 2.59 bits per heavy atom. The van der Waals surface area contributed by atoms with Gasteiger partial charge in [0.2, 0.25) is 5.89 Å². The van der Waals surface area contributed by atoms with Crippen molar-refractivity contribution in [2.45, 2.75) is 23.7 Å². The van der Waals surface area contributed by atoms with Gasteiger partial charge in [-0.25, -0.2) is 4.68 Å². The number of halogens is 3. The van der Waals surface area contributed by atoms with Gasteiger partial charge in [-0.2, -0.15) is 13.2 Å². The summed E-state index contributed by atoms with van der Waals surface area (Å²) in [5.74, 6) is 0.841. The predicted octanol–water partition coefficient (Wildman–Crippen LogP) is 4.08. The van der Waals surface area contributed by atoms with Gasteiger partial charge in [0.1, 0.15) is 0 Å². The van der Waals surface area contributed by atoms with Crippen LogP contribution in [-0.4, -0.2) is 30.2 Å². The summed E-state index contributed by atoms with van der Waals surface area (Å²) in [6.07, 6.45) is 0.670. The van der Waals surface area contributed by atoms with Crippen molar-refractivity contribution >= 4 is 11.8 Å². The Kier molecular flexibility index (Phi) is 5.30. The molecule has 148 valence electrons. The van der Waals surface area contributed by atoms with Gasteiger partial charge in [-0.3, -0.25) is 4.98 Å². The zero-order valence-corrected chi connectivity index (χ0v) is 15.6. The summed E-state index contributed by atoms with van der Waals surface area (Å²) in [6, 6.07) is 8.56. The molecule has 0 unspecified atom stereocenters. The molecule has 3 heterocycles. The summed E-state index contributed by atoms with van der Waals surface area (Å²) in [4.78, 5) is 4.01. The molecule has 3 aromatic heterocycles. The zero-order chi connectivity index (χ0) is 20.3. The van der Waals surface area contributed by atoms with Crippen molar-refractivity contribution < 1.29 is 17.6 Å². The Balaban J connectivity index is 1.34. The zero-order valence-electron chi connectivity index (χ0n) is 14.7. The van der Waals surface area contributed by atoms with E-state index in [-0.39, 0.29) is 0 Å². The molecule has 7 nitrogen and oxygen atoms in total. The molecule has 0 aliphatic heterocycles. The summed E-state index contributed by atoms with van der Waals surface area (Å²) in [5.41, 5.74) is 1.43. The van der Waals surface area contributed by atoms with Gasteiger partial charge in [-0.05, 0) is 29.8 Å². The largest absolute Gasteiger partial charge is 0.416 e. The lowest BCUT2D eigenvalue weighted by atomic mass is 10.1. The average Bonchev–Trinajstić information content (AvgIpc) is 3.36. The minimum Gasteiger partial charge on any atom is -0.411 e. The minimum atomic E-state index is -4.35. The number of nitrogens with zero attached hydrogens (tertiary/aromatic N) is 6. The van der Waals surface area contributed by atoms with Crippen LogP contribution in [0, 0.1) is 0 Å². The molecule has 0 saturated carbocycles. The molecule has 0 N–H and O–H groups in total. The monoisotopic (exact) mass is 418 g/mol. The van der Waals surface area contributed by atoms with Crippen LogP contribution in [0.3, 0.4) is 0 Å². The van der Waals surface area contributed by atoms with Crippen molar-refractivity contribution in [1.82, 2.24) is 30.2 Å². The molecule has 0 fully saturated rings. The molecule has 11 heteroatoms. The third kappa shape index (κ3) is 4.80. The van der Waals surface area contributed by atoms with E-state index in [0.29, 0.717) is 34.7 Å². The molecule has 4 rings (SSSR count). The molecule has 0 aliphatic rings. The molecule has 0 saturated heterocycles. The van der Waals surface area contributed by atoms with Crippen LogP contribution in [0.25, 0.3) is 11.5 Å². The van der Waals surface area contributed by atoms with Crippen molar-refractivity contribution in [1.29, 1.82) is 0 Å². The second-order valence-electron chi connectivity index (χ2n) is 6.01. The first-order valence-corrected chi connectivity index (χ1v) is 9.38. The lowest BCUT2D eigenvalue weighted by Gasteiger charge is -2.07. The number of benzene rings is 1. The molecular weight excluding hydrogens is 405 g/mol. The van der Waals surface area contributed by atoms with E-state index >= 15 is 0 Å². The van der Waals surface area contributed by atoms with Crippen molar-refractivity contribution in [3.05, 3.63) is 71.8 Å². The highest BCUT2D eigenvalue weighted by Gasteiger charge is 2.29. The Labute approximate surface area is 167 Å². The standard InChI is InChI=1S/C18H13F3N6OS/c19-18(20,21)14-5-3-12(4-6-14)9-27-10-15(23-26-27)11-29-17-25-24-16(28-17)13-2-1-7-22-8-13/h1-8,10H,9,11H2. The second-order valence-corrected chi connectivity index (χ2v) is 6.93. The highest BCUT2D eigenvalue weighted by molar-refractivity contribution is 7.98. The van der Waals surface area contributed by atoms with Crippen LogP contribution in [0.5, 0.6) is 0 Å². The molecule has 0 spiro atoms. The van der Waals surface area contributed by atoms with E-state index in [0.717, 1.165) is 17.7 Å². The second kappa shape index (κ2) is 8.03. The fourth-order valence-corrected chi connectivity index (χ4v) is 3.12. The highest BCUT2D eigenvalue weighted by Crippen LogP contribution is 2.29. The maximum absolute atomic E-state index is 12.6. The third-order valence-electron chi connectivity index (χ3n) is 3.87. The van der Waals surface area contributed by atoms with Gasteiger partial charge in [0.15, 0.2) is 0 Å². The Morgan fingerprint density at radius 1 is 1.03 bits per heavy atom. The van der Waals surface area contributed by atoms with E-state index in [1.54, 1.807) is 29.3 Å². The van der Waals surface area contributed by atoms with Gasteiger partial charge < -0.3 is 4.42 Å². The fourth-order valence-electron chi connectivity index (χ4n) is 2.48. The molecule has 29 heavy (non-hydrogen) atoms. The van der Waals surface area contributed by atoms with Gasteiger partial charge in [0.05, 0.1) is 23.4 Å². The normalized spacial score (nSPS) is 11.7. The fraction of sp³-hybridized carbons (Fsp3) is 0.167. The number of rotatable bonds is 6. The van der Waals surface area contributed by atoms with Gasteiger partial charge in [-0.1, -0.05) is 29.1 Å². The van der Waals surface area contributed by atoms with Crippen LogP contribution < -0.4 is 0 Å². The van der Waals surface area contributed by atoms with Gasteiger partial charge >= 0.3 is 6.18 Å². The maximum atomic E-state index is 12.6. The lowest BCUT2D eigenvalue weighted by molar-refractivity contribution is -0.137. The predicted molar refractivity (Wildman–Crippen MR) is 97.7 cm³/mol. The van der Waals surface area contributed by atoms with Crippen LogP contribution in [-0.2, 0) is 18.5 Å². The molecule has 0 atom stereocenters. The molecule has 4 aromatic rings. The van der Waals surface area contributed by atoms with Crippen molar-refractivity contribution in [2.75, 3.05) is 0 Å². The number of pyridine rings is 1. The van der Waals surface area contributed by atoms with E-state index in [2.05, 4.69) is 25.5 Å². The lowest BCUT2D eigenvalue weighted by Crippen LogP contribution is -2.05. The SMILES string of the molecule is FC(F)(F)c1ccc(Cn2cc(CSc3nnc(-c4cccnc4)o3)nn2)cc1. The minimum absolute atomic E-state index is 0.321. The van der Waals surface area contributed by atoms with Crippen LogP contribution in [0.1, 0.15) is 16.8 Å². The van der Waals surface area contributed by atoms with Gasteiger partial charge in [0, 0.05) is 24.3 Å². The number of hydrogen-bond acceptors (Lipinski definition) is 7. The first-order chi connectivity index (χ1) is 14.0. The number of alkyl halides is 3. The Hall–Kier alpha value is -3.21. The van der Waals surface area contributed by atoms with Crippen molar-refractivity contribution in [2.24, 2.45) is 0 Å². The van der Waals surface area contributed by atoms with Crippen LogP contribution >= 0.6 is 11.8 Å². The summed E-state index contributed by atoms with van der Waals surface area (Å²) in [5, 5.41) is 16.4. The van der Waals surface area contributed by atoms with Crippen molar-refractivity contribution in [3.8, 4) is 11.5 Å². The first-order valence-electron chi connectivity index (χ1n) is 8.39. The summed E-state index contributed by atoms with van der Waals surface area (Å²) in [6.45, 7) is 0.321. The molecule has 0 bridgehead atoms. The molecular formula is C18H13F3N6OS. The summed E-state index contributed by atoms with van der Waals surface area (Å²) in [7, 11) is 0. The summed E-state index contributed by atoms with van der Waals surface area (Å²) < 4.78 is 45.0. The van der Waals surface area contributed by atoms with Crippen LogP contribution in [0.2, 0.25) is 0 Å². The van der Waals surface area contributed by atoms with E-state index < -0.39 is 11.7 Å². The quantitative estimate of drug-likeness (QED) is 0.436. The van der Waals surface area contributed by atoms with Gasteiger partial charge in [0.25, 0.3) is 5.22 Å². The summed E-state index contributed by atoms with van der Waals surface area (Å²) >= 11 is 1.31. The van der Waals surface area contributed by atoms with Crippen LogP contribution in [0.15, 0.2) is 64.6 Å². The number of hydrogen-bond donors (Lipinski definition) is 0. The van der Waals surface area contributed by atoms with E-state index in [1.807, 2.05) is 6.07 Å². The Bertz CT molecular complexity index is 1080. The molecule has 0 amide bonds. The average molecular weight is 418 g/mol. The van der Waals surface area contributed by atoms with Crippen LogP contribution in [0.4, 0.5) is 13.2 Å². The maximum Gasteiger partial charge on any atom is 0.416 e. The first kappa shape index (κ1) is 19.1. The topological polar surface area (TPSA) is 82.5 Å².